The van der Waals surface area contributed by atoms with Crippen LogP contribution in [-0.2, 0) is 17.9 Å². The number of hydrogen-bond acceptors (Lipinski definition) is 3. The van der Waals surface area contributed by atoms with Crippen LogP contribution in [-0.4, -0.2) is 34.2 Å². The fourth-order valence-electron chi connectivity index (χ4n) is 4.60. The van der Waals surface area contributed by atoms with Crippen LogP contribution in [0.2, 0.25) is 10.0 Å². The van der Waals surface area contributed by atoms with Gasteiger partial charge >= 0.3 is 0 Å². The van der Waals surface area contributed by atoms with E-state index in [1.807, 2.05) is 35.2 Å². The van der Waals surface area contributed by atoms with Crippen molar-refractivity contribution in [2.45, 2.75) is 58.2 Å². The predicted octanol–water partition coefficient (Wildman–Crippen LogP) is 7.37. The summed E-state index contributed by atoms with van der Waals surface area (Å²) in [6, 6.07) is 17.0. The highest BCUT2D eigenvalue weighted by atomic mass is 35.5. The van der Waals surface area contributed by atoms with Crippen LogP contribution in [0.1, 0.15) is 58.5 Å². The Kier molecular flexibility index (Phi) is 8.88. The van der Waals surface area contributed by atoms with Gasteiger partial charge in [-0.15, -0.1) is 11.3 Å². The smallest absolute Gasteiger partial charge is 0.256 e. The molecular weight excluding hydrogens is 499 g/mol. The maximum Gasteiger partial charge on any atom is 0.256 e. The minimum Gasteiger partial charge on any atom is -0.332 e. The lowest BCUT2D eigenvalue weighted by atomic mass is 9.93. The second kappa shape index (κ2) is 12.1. The Morgan fingerprint density at radius 1 is 0.971 bits per heavy atom. The van der Waals surface area contributed by atoms with Crippen LogP contribution in [0, 0.1) is 6.92 Å². The van der Waals surface area contributed by atoms with Crippen LogP contribution >= 0.6 is 34.5 Å². The van der Waals surface area contributed by atoms with E-state index in [0.29, 0.717) is 28.7 Å². The summed E-state index contributed by atoms with van der Waals surface area (Å²) >= 11 is 14.1. The zero-order valence-electron chi connectivity index (χ0n) is 19.9. The topological polar surface area (TPSA) is 40.6 Å². The first-order chi connectivity index (χ1) is 16.9. The van der Waals surface area contributed by atoms with Gasteiger partial charge in [0, 0.05) is 22.5 Å². The number of benzene rings is 2. The number of aryl methyl sites for hydroxylation is 1. The Morgan fingerprint density at radius 3 is 2.37 bits per heavy atom. The van der Waals surface area contributed by atoms with Crippen molar-refractivity contribution in [2.75, 3.05) is 6.54 Å². The molecule has 1 aliphatic carbocycles. The molecule has 0 atom stereocenters. The molecule has 35 heavy (non-hydrogen) atoms. The molecule has 0 N–H and O–H groups in total. The van der Waals surface area contributed by atoms with Crippen molar-refractivity contribution in [3.05, 3.63) is 91.6 Å². The molecule has 0 bridgehead atoms. The molecule has 2 amide bonds. The van der Waals surface area contributed by atoms with Crippen LogP contribution < -0.4 is 0 Å². The molecule has 2 aromatic carbocycles. The number of halogens is 2. The van der Waals surface area contributed by atoms with E-state index in [1.165, 1.54) is 5.56 Å². The maximum absolute atomic E-state index is 13.8. The zero-order valence-corrected chi connectivity index (χ0v) is 22.2. The Hall–Kier alpha value is -2.34. The fourth-order valence-corrected chi connectivity index (χ4v) is 6.01. The molecule has 3 aromatic rings. The molecule has 4 rings (SSSR count). The number of carbonyl (C=O) groups excluding carboxylic acids is 2. The summed E-state index contributed by atoms with van der Waals surface area (Å²) in [5.41, 5.74) is 2.62. The van der Waals surface area contributed by atoms with Gasteiger partial charge in [0.1, 0.15) is 6.54 Å². The molecule has 0 aliphatic heterocycles. The Labute approximate surface area is 221 Å². The van der Waals surface area contributed by atoms with E-state index >= 15 is 0 Å². The van der Waals surface area contributed by atoms with Gasteiger partial charge in [-0.1, -0.05) is 72.8 Å². The number of thiophene rings is 1. The second-order valence-corrected chi connectivity index (χ2v) is 11.0. The molecule has 1 heterocycles. The number of amides is 2. The SMILES string of the molecule is Cc1ccsc1CN(Cc1ccccc1)C(=O)CN(C(=O)c1ccc(Cl)cc1Cl)C1CCCCC1. The van der Waals surface area contributed by atoms with Crippen molar-refractivity contribution < 1.29 is 9.59 Å². The van der Waals surface area contributed by atoms with E-state index in [4.69, 9.17) is 23.2 Å². The van der Waals surface area contributed by atoms with Gasteiger partial charge in [-0.3, -0.25) is 9.59 Å². The number of carbonyl (C=O) groups is 2. The first-order valence-corrected chi connectivity index (χ1v) is 13.7. The van der Waals surface area contributed by atoms with E-state index < -0.39 is 0 Å². The molecule has 7 heteroatoms. The summed E-state index contributed by atoms with van der Waals surface area (Å²) in [5, 5.41) is 2.84. The Morgan fingerprint density at radius 2 is 1.71 bits per heavy atom. The van der Waals surface area contributed by atoms with E-state index in [-0.39, 0.29) is 24.4 Å². The number of rotatable bonds is 8. The average molecular weight is 530 g/mol. The Balaban J connectivity index is 1.61. The molecule has 1 saturated carbocycles. The molecule has 1 fully saturated rings. The summed E-state index contributed by atoms with van der Waals surface area (Å²) in [4.78, 5) is 32.3. The number of hydrogen-bond donors (Lipinski definition) is 0. The zero-order chi connectivity index (χ0) is 24.8. The van der Waals surface area contributed by atoms with Crippen molar-refractivity contribution in [3.63, 3.8) is 0 Å². The molecule has 184 valence electrons. The van der Waals surface area contributed by atoms with Gasteiger partial charge in [0.25, 0.3) is 5.91 Å². The monoisotopic (exact) mass is 528 g/mol. The van der Waals surface area contributed by atoms with Crippen molar-refractivity contribution in [1.29, 1.82) is 0 Å². The van der Waals surface area contributed by atoms with Crippen LogP contribution in [0.5, 0.6) is 0 Å². The van der Waals surface area contributed by atoms with Crippen LogP contribution in [0.4, 0.5) is 0 Å². The minimum atomic E-state index is -0.209. The normalized spacial score (nSPS) is 14.0. The van der Waals surface area contributed by atoms with Gasteiger partial charge in [-0.25, -0.2) is 0 Å². The molecule has 1 aromatic heterocycles. The lowest BCUT2D eigenvalue weighted by Gasteiger charge is -2.36. The molecule has 0 spiro atoms. The van der Waals surface area contributed by atoms with E-state index in [9.17, 15) is 9.59 Å². The third kappa shape index (κ3) is 6.66. The standard InChI is InChI=1S/C28H30Cl2N2O2S/c1-20-14-15-35-26(20)18-31(17-21-8-4-2-5-9-21)27(33)19-32(23-10-6-3-7-11-23)28(34)24-13-12-22(29)16-25(24)30/h2,4-5,8-9,12-16,23H,3,6-7,10-11,17-19H2,1H3. The van der Waals surface area contributed by atoms with Crippen molar-refractivity contribution in [2.24, 2.45) is 0 Å². The molecule has 0 radical (unpaired) electrons. The molecule has 1 aliphatic rings. The van der Waals surface area contributed by atoms with Crippen LogP contribution in [0.3, 0.4) is 0 Å². The maximum atomic E-state index is 13.8. The fraction of sp³-hybridized carbons (Fsp3) is 0.357. The van der Waals surface area contributed by atoms with Gasteiger partial charge in [0.2, 0.25) is 5.91 Å². The van der Waals surface area contributed by atoms with Crippen LogP contribution in [0.15, 0.2) is 60.0 Å². The van der Waals surface area contributed by atoms with E-state index in [0.717, 1.165) is 42.5 Å². The summed E-state index contributed by atoms with van der Waals surface area (Å²) in [5.74, 6) is -0.274. The molecule has 0 unspecified atom stereocenters. The average Bonchev–Trinajstić information content (AvgIpc) is 3.27. The van der Waals surface area contributed by atoms with Gasteiger partial charge in [0.15, 0.2) is 0 Å². The van der Waals surface area contributed by atoms with Crippen molar-refractivity contribution >= 4 is 46.4 Å². The van der Waals surface area contributed by atoms with Gasteiger partial charge in [0.05, 0.1) is 17.1 Å². The lowest BCUT2D eigenvalue weighted by Crippen LogP contribution is -2.48. The summed E-state index contributed by atoms with van der Waals surface area (Å²) in [7, 11) is 0. The minimum absolute atomic E-state index is 0.0222. The predicted molar refractivity (Wildman–Crippen MR) is 144 cm³/mol. The molecule has 4 nitrogen and oxygen atoms in total. The highest BCUT2D eigenvalue weighted by Crippen LogP contribution is 2.28. The van der Waals surface area contributed by atoms with Gasteiger partial charge in [-0.05, 0) is 60.5 Å². The summed E-state index contributed by atoms with van der Waals surface area (Å²) in [6.07, 6.45) is 5.06. The highest BCUT2D eigenvalue weighted by molar-refractivity contribution is 7.10. The number of nitrogens with zero attached hydrogens (tertiary/aromatic N) is 2. The van der Waals surface area contributed by atoms with Crippen molar-refractivity contribution in [3.8, 4) is 0 Å². The Bertz CT molecular complexity index is 1160. The summed E-state index contributed by atoms with van der Waals surface area (Å²) in [6.45, 7) is 3.11. The van der Waals surface area contributed by atoms with E-state index in [1.54, 1.807) is 34.4 Å². The van der Waals surface area contributed by atoms with Crippen LogP contribution in [0.25, 0.3) is 0 Å². The van der Waals surface area contributed by atoms with Gasteiger partial charge < -0.3 is 9.80 Å². The largest absolute Gasteiger partial charge is 0.332 e. The first-order valence-electron chi connectivity index (χ1n) is 12.0. The quantitative estimate of drug-likeness (QED) is 0.306. The van der Waals surface area contributed by atoms with Gasteiger partial charge in [-0.2, -0.15) is 0 Å². The van der Waals surface area contributed by atoms with E-state index in [2.05, 4.69) is 18.4 Å². The molecule has 0 saturated heterocycles. The highest BCUT2D eigenvalue weighted by Gasteiger charge is 2.31. The summed E-state index contributed by atoms with van der Waals surface area (Å²) < 4.78 is 0. The first kappa shape index (κ1) is 25.7. The van der Waals surface area contributed by atoms with Crippen molar-refractivity contribution in [1.82, 2.24) is 9.80 Å². The lowest BCUT2D eigenvalue weighted by molar-refractivity contribution is -0.133. The third-order valence-electron chi connectivity index (χ3n) is 6.62. The molecular formula is C28H30Cl2N2O2S. The third-order valence-corrected chi connectivity index (χ3v) is 8.17. The second-order valence-electron chi connectivity index (χ2n) is 9.11.